The second-order valence-corrected chi connectivity index (χ2v) is 6.71. The van der Waals surface area contributed by atoms with Crippen molar-refractivity contribution in [1.82, 2.24) is 4.90 Å². The molecule has 1 aliphatic heterocycles. The Labute approximate surface area is 160 Å². The topological polar surface area (TPSA) is 34.2 Å². The lowest BCUT2D eigenvalue weighted by molar-refractivity contribution is 0.248. The summed E-state index contributed by atoms with van der Waals surface area (Å²) in [6.45, 7) is 4.78. The lowest BCUT2D eigenvalue weighted by Gasteiger charge is -2.36. The highest BCUT2D eigenvalue weighted by Gasteiger charge is 2.19. The summed E-state index contributed by atoms with van der Waals surface area (Å²) in [6.07, 6.45) is 0. The minimum atomic E-state index is 0.629. The van der Waals surface area contributed by atoms with Crippen molar-refractivity contribution >= 4 is 17.3 Å². The first-order chi connectivity index (χ1) is 12.6. The first-order valence-corrected chi connectivity index (χ1v) is 9.04. The summed E-state index contributed by atoms with van der Waals surface area (Å²) < 4.78 is 16.3. The number of ether oxygens (including phenoxy) is 3. The number of methoxy groups -OCH3 is 3. The van der Waals surface area contributed by atoms with E-state index in [-0.39, 0.29) is 0 Å². The van der Waals surface area contributed by atoms with E-state index >= 15 is 0 Å². The Morgan fingerprint density at radius 1 is 0.885 bits per heavy atom. The van der Waals surface area contributed by atoms with Crippen LogP contribution < -0.4 is 19.1 Å². The minimum Gasteiger partial charge on any atom is -0.493 e. The zero-order valence-corrected chi connectivity index (χ0v) is 16.3. The molecule has 0 atom stereocenters. The fraction of sp³-hybridized carbons (Fsp3) is 0.400. The number of halogens is 1. The van der Waals surface area contributed by atoms with Gasteiger partial charge in [-0.05, 0) is 35.9 Å². The summed E-state index contributed by atoms with van der Waals surface area (Å²) in [6, 6.07) is 12.1. The molecule has 0 aromatic heterocycles. The van der Waals surface area contributed by atoms with Crippen LogP contribution in [-0.4, -0.2) is 52.4 Å². The van der Waals surface area contributed by atoms with Gasteiger partial charge in [-0.15, -0.1) is 0 Å². The highest BCUT2D eigenvalue weighted by Crippen LogP contribution is 2.38. The van der Waals surface area contributed by atoms with Crippen LogP contribution in [0.25, 0.3) is 0 Å². The number of hydrogen-bond donors (Lipinski definition) is 0. The van der Waals surface area contributed by atoms with Gasteiger partial charge in [0.05, 0.1) is 21.3 Å². The average Bonchev–Trinajstić information content (AvgIpc) is 2.67. The number of rotatable bonds is 6. The van der Waals surface area contributed by atoms with Crippen LogP contribution in [-0.2, 0) is 6.54 Å². The van der Waals surface area contributed by atoms with Crippen LogP contribution in [0.4, 0.5) is 5.69 Å². The molecule has 2 aromatic carbocycles. The van der Waals surface area contributed by atoms with Crippen molar-refractivity contribution < 1.29 is 14.2 Å². The van der Waals surface area contributed by atoms with E-state index in [1.807, 2.05) is 30.3 Å². The van der Waals surface area contributed by atoms with E-state index in [9.17, 15) is 0 Å². The van der Waals surface area contributed by atoms with Crippen molar-refractivity contribution in [2.75, 3.05) is 52.4 Å². The second-order valence-electron chi connectivity index (χ2n) is 6.28. The summed E-state index contributed by atoms with van der Waals surface area (Å²) in [7, 11) is 4.91. The van der Waals surface area contributed by atoms with Gasteiger partial charge < -0.3 is 19.1 Å². The Kier molecular flexibility index (Phi) is 6.12. The molecule has 1 aliphatic rings. The van der Waals surface area contributed by atoms with E-state index in [0.29, 0.717) is 17.2 Å². The third-order valence-electron chi connectivity index (χ3n) is 4.68. The van der Waals surface area contributed by atoms with E-state index < -0.39 is 0 Å². The molecule has 1 saturated heterocycles. The van der Waals surface area contributed by atoms with Crippen molar-refractivity contribution in [3.63, 3.8) is 0 Å². The maximum atomic E-state index is 6.11. The zero-order chi connectivity index (χ0) is 18.5. The lowest BCUT2D eigenvalue weighted by atomic mass is 10.1. The van der Waals surface area contributed by atoms with E-state index in [0.717, 1.165) is 43.3 Å². The van der Waals surface area contributed by atoms with Gasteiger partial charge in [0.25, 0.3) is 0 Å². The normalized spacial score (nSPS) is 15.0. The largest absolute Gasteiger partial charge is 0.493 e. The van der Waals surface area contributed by atoms with E-state index in [1.54, 1.807) is 21.3 Å². The molecule has 0 radical (unpaired) electrons. The van der Waals surface area contributed by atoms with Gasteiger partial charge in [0, 0.05) is 43.4 Å². The summed E-state index contributed by atoms with van der Waals surface area (Å²) in [5.41, 5.74) is 2.33. The first-order valence-electron chi connectivity index (χ1n) is 8.66. The Morgan fingerprint density at radius 3 is 2.08 bits per heavy atom. The fourth-order valence-electron chi connectivity index (χ4n) is 3.32. The molecule has 1 fully saturated rings. The number of hydrogen-bond acceptors (Lipinski definition) is 5. The van der Waals surface area contributed by atoms with Gasteiger partial charge in [-0.25, -0.2) is 0 Å². The predicted molar refractivity (Wildman–Crippen MR) is 105 cm³/mol. The maximum Gasteiger partial charge on any atom is 0.203 e. The molecule has 3 rings (SSSR count). The summed E-state index contributed by atoms with van der Waals surface area (Å²) in [5.74, 6) is 2.02. The van der Waals surface area contributed by atoms with Crippen molar-refractivity contribution in [1.29, 1.82) is 0 Å². The molecular formula is C20H25ClN2O3. The molecule has 0 unspecified atom stereocenters. The van der Waals surface area contributed by atoms with Crippen molar-refractivity contribution in [3.05, 3.63) is 47.0 Å². The molecule has 0 N–H and O–H groups in total. The van der Waals surface area contributed by atoms with Crippen molar-refractivity contribution in [2.45, 2.75) is 6.54 Å². The van der Waals surface area contributed by atoms with Crippen molar-refractivity contribution in [2.24, 2.45) is 0 Å². The number of anilines is 1. The molecular weight excluding hydrogens is 352 g/mol. The van der Waals surface area contributed by atoms with Crippen LogP contribution in [0.15, 0.2) is 36.4 Å². The van der Waals surface area contributed by atoms with Crippen LogP contribution >= 0.6 is 11.6 Å². The van der Waals surface area contributed by atoms with Crippen LogP contribution in [0.1, 0.15) is 5.56 Å². The SMILES string of the molecule is COc1cc(CN2CCN(c3cccc(Cl)c3)CC2)cc(OC)c1OC. The molecule has 1 heterocycles. The molecule has 0 saturated carbocycles. The minimum absolute atomic E-state index is 0.629. The van der Waals surface area contributed by atoms with Crippen LogP contribution in [0.5, 0.6) is 17.2 Å². The Morgan fingerprint density at radius 2 is 1.54 bits per heavy atom. The number of nitrogens with zero attached hydrogens (tertiary/aromatic N) is 2. The van der Waals surface area contributed by atoms with E-state index in [4.69, 9.17) is 25.8 Å². The van der Waals surface area contributed by atoms with Crippen LogP contribution in [0.2, 0.25) is 5.02 Å². The Bertz CT molecular complexity index is 721. The first kappa shape index (κ1) is 18.7. The molecule has 0 bridgehead atoms. The maximum absolute atomic E-state index is 6.11. The molecule has 140 valence electrons. The van der Waals surface area contributed by atoms with Gasteiger partial charge in [-0.2, -0.15) is 0 Å². The van der Waals surface area contributed by atoms with Gasteiger partial charge in [0.1, 0.15) is 0 Å². The quantitative estimate of drug-likeness (QED) is 0.768. The molecule has 5 nitrogen and oxygen atoms in total. The van der Waals surface area contributed by atoms with Gasteiger partial charge in [-0.1, -0.05) is 17.7 Å². The zero-order valence-electron chi connectivity index (χ0n) is 15.5. The van der Waals surface area contributed by atoms with Gasteiger partial charge in [0.15, 0.2) is 11.5 Å². The molecule has 0 amide bonds. The Hall–Kier alpha value is -2.11. The predicted octanol–water partition coefficient (Wildman–Crippen LogP) is 3.69. The fourth-order valence-corrected chi connectivity index (χ4v) is 3.51. The van der Waals surface area contributed by atoms with E-state index in [1.165, 1.54) is 5.69 Å². The summed E-state index contributed by atoms with van der Waals surface area (Å²) >= 11 is 6.11. The lowest BCUT2D eigenvalue weighted by Crippen LogP contribution is -2.45. The van der Waals surface area contributed by atoms with Gasteiger partial charge in [-0.3, -0.25) is 4.90 Å². The highest BCUT2D eigenvalue weighted by atomic mass is 35.5. The molecule has 2 aromatic rings. The third-order valence-corrected chi connectivity index (χ3v) is 4.91. The number of benzene rings is 2. The Balaban J connectivity index is 1.66. The molecule has 26 heavy (non-hydrogen) atoms. The molecule has 0 aliphatic carbocycles. The summed E-state index contributed by atoms with van der Waals surface area (Å²) in [4.78, 5) is 4.80. The number of piperazine rings is 1. The highest BCUT2D eigenvalue weighted by molar-refractivity contribution is 6.30. The van der Waals surface area contributed by atoms with Gasteiger partial charge in [0.2, 0.25) is 5.75 Å². The van der Waals surface area contributed by atoms with E-state index in [2.05, 4.69) is 15.9 Å². The monoisotopic (exact) mass is 376 g/mol. The van der Waals surface area contributed by atoms with Gasteiger partial charge >= 0.3 is 0 Å². The second kappa shape index (κ2) is 8.52. The molecule has 6 heteroatoms. The van der Waals surface area contributed by atoms with Crippen molar-refractivity contribution in [3.8, 4) is 17.2 Å². The molecule has 0 spiro atoms. The van der Waals surface area contributed by atoms with Crippen LogP contribution in [0, 0.1) is 0 Å². The smallest absolute Gasteiger partial charge is 0.203 e. The summed E-state index contributed by atoms with van der Waals surface area (Å²) in [5, 5.41) is 0.780. The average molecular weight is 377 g/mol. The third kappa shape index (κ3) is 4.17. The standard InChI is InChI=1S/C20H25ClN2O3/c1-24-18-11-15(12-19(25-2)20(18)26-3)14-22-7-9-23(10-8-22)17-6-4-5-16(21)13-17/h4-6,11-13H,7-10,14H2,1-3H3. The van der Waals surface area contributed by atoms with Crippen LogP contribution in [0.3, 0.4) is 0 Å².